The Kier molecular flexibility index (Phi) is 11.5. The van der Waals surface area contributed by atoms with E-state index >= 15 is 0 Å². The van der Waals surface area contributed by atoms with E-state index in [0.29, 0.717) is 0 Å². The van der Waals surface area contributed by atoms with Crippen LogP contribution in [0.15, 0.2) is 0 Å². The molecular weight excluding hydrogens is 630 g/mol. The van der Waals surface area contributed by atoms with Gasteiger partial charge in [-0.25, -0.2) is 0 Å². The van der Waals surface area contributed by atoms with Crippen LogP contribution in [0, 0.1) is 0 Å². The molecule has 46 heavy (non-hydrogen) atoms. The molecule has 20 atom stereocenters. The van der Waals surface area contributed by atoms with E-state index in [9.17, 15) is 55.9 Å². The third-order valence-electron chi connectivity index (χ3n) is 8.81. The average molecular weight is 674 g/mol. The van der Waals surface area contributed by atoms with Crippen LogP contribution in [-0.2, 0) is 42.7 Å². The number of aliphatic hydroxyl groups is 10. The molecule has 0 aromatic carbocycles. The third-order valence-corrected chi connectivity index (χ3v) is 8.81. The monoisotopic (exact) mass is 673 g/mol. The molecule has 6 aliphatic heterocycles. The van der Waals surface area contributed by atoms with Gasteiger partial charge in [0.05, 0.1) is 25.9 Å². The number of ether oxygens (including phenoxy) is 8. The van der Waals surface area contributed by atoms with Crippen molar-refractivity contribution in [3.05, 3.63) is 0 Å². The number of hydrogen-bond donors (Lipinski definition) is 11. The van der Waals surface area contributed by atoms with Crippen molar-refractivity contribution in [1.29, 1.82) is 0 Å². The summed E-state index contributed by atoms with van der Waals surface area (Å²) in [5.41, 5.74) is 0. The van der Waals surface area contributed by atoms with Gasteiger partial charge in [-0.1, -0.05) is 0 Å². The van der Waals surface area contributed by atoms with Crippen LogP contribution in [0.1, 0.15) is 13.8 Å². The van der Waals surface area contributed by atoms with E-state index in [4.69, 9.17) is 37.9 Å². The van der Waals surface area contributed by atoms with Crippen molar-refractivity contribution < 1.29 is 93.8 Å². The molecule has 1 amide bonds. The topological polar surface area (TPSA) is 305 Å². The molecule has 11 N–H and O–H groups in total. The number of aliphatic hydroxyl groups excluding tert-OH is 10. The van der Waals surface area contributed by atoms with Gasteiger partial charge in [0, 0.05) is 6.92 Å². The maximum atomic E-state index is 12.3. The van der Waals surface area contributed by atoms with Gasteiger partial charge < -0.3 is 94.3 Å². The first-order valence-corrected chi connectivity index (χ1v) is 14.9. The van der Waals surface area contributed by atoms with Gasteiger partial charge in [-0.05, 0) is 6.92 Å². The molecule has 0 aromatic heterocycles. The predicted octanol–water partition coefficient (Wildman–Crippen LogP) is -7.53. The lowest BCUT2D eigenvalue weighted by molar-refractivity contribution is -0.387. The summed E-state index contributed by atoms with van der Waals surface area (Å²) in [4.78, 5) is 12.3. The number of hydrogen-bond acceptors (Lipinski definition) is 19. The zero-order chi connectivity index (χ0) is 33.6. The smallest absolute Gasteiger partial charge is 0.217 e. The largest absolute Gasteiger partial charge is 0.394 e. The quantitative estimate of drug-likeness (QED) is 0.125. The Hall–Kier alpha value is -1.25. The first kappa shape index (κ1) is 36.0. The van der Waals surface area contributed by atoms with E-state index in [2.05, 4.69) is 5.32 Å². The van der Waals surface area contributed by atoms with Crippen molar-refractivity contribution in [2.45, 2.75) is 137 Å². The Balaban J connectivity index is 1.60. The second-order valence-corrected chi connectivity index (χ2v) is 11.9. The SMILES string of the molecule is CC(=O)N[C@H]1[C@@H]2O[C@H]3[C@H](O[C@@H]4O[C@@H](C)[C@@H](O)[C@@H](O)[C@H]4O)[C@H](O)[C@@H](O[C@@H]4[C@H](O)[C@@H](O[C@H]1[C@H](O)[C@@H](CO)O2)O[C@H](CO)[C@H]4O)O[C@@H]3CO. The summed E-state index contributed by atoms with van der Waals surface area (Å²) in [5, 5.41) is 109. The van der Waals surface area contributed by atoms with Crippen molar-refractivity contribution >= 4 is 5.91 Å². The highest BCUT2D eigenvalue weighted by Crippen LogP contribution is 2.37. The zero-order valence-electron chi connectivity index (χ0n) is 24.8. The summed E-state index contributed by atoms with van der Waals surface area (Å²) in [6.45, 7) is 0.0608. The van der Waals surface area contributed by atoms with Gasteiger partial charge in [0.2, 0.25) is 5.91 Å². The van der Waals surface area contributed by atoms with Crippen LogP contribution in [0.5, 0.6) is 0 Å². The summed E-state index contributed by atoms with van der Waals surface area (Å²) < 4.78 is 46.5. The van der Waals surface area contributed by atoms with Gasteiger partial charge in [-0.15, -0.1) is 0 Å². The maximum absolute atomic E-state index is 12.3. The van der Waals surface area contributed by atoms with E-state index in [-0.39, 0.29) is 0 Å². The Morgan fingerprint density at radius 2 is 1.11 bits per heavy atom. The standard InChI is InChI=1S/C26H43NO19/c1-6-12(32)15(35)16(36)24(39-6)46-22-18(38)26-42-10(5-30)19(22)43-23-11(27-7(2)31)20(13(33)8(3-28)40-23)44-25-17(37)21(45-26)14(34)9(4-29)41-25/h6,8-26,28-30,32-38H,3-5H2,1-2H3,(H,27,31)/t6-,8+,9+,10+,11+,12+,13+,14+,15+,16+,17-,18-,19+,20+,21-,22+,23-,24-,25+,26+/m0/s1. The van der Waals surface area contributed by atoms with Crippen molar-refractivity contribution in [1.82, 2.24) is 5.32 Å². The minimum Gasteiger partial charge on any atom is -0.394 e. The van der Waals surface area contributed by atoms with Crippen molar-refractivity contribution in [2.24, 2.45) is 0 Å². The molecule has 20 nitrogen and oxygen atoms in total. The van der Waals surface area contributed by atoms with Crippen LogP contribution in [0.4, 0.5) is 0 Å². The fraction of sp³-hybridized carbons (Fsp3) is 0.962. The minimum absolute atomic E-state index is 0.670. The van der Waals surface area contributed by atoms with E-state index in [0.717, 1.165) is 6.92 Å². The van der Waals surface area contributed by atoms with Crippen LogP contribution in [0.25, 0.3) is 0 Å². The summed E-state index contributed by atoms with van der Waals surface area (Å²) in [6.07, 6.45) is -31.3. The fourth-order valence-electron chi connectivity index (χ4n) is 6.28. The molecule has 0 aliphatic carbocycles. The second kappa shape index (κ2) is 14.7. The number of rotatable bonds is 6. The fourth-order valence-corrected chi connectivity index (χ4v) is 6.28. The van der Waals surface area contributed by atoms with E-state index < -0.39 is 148 Å². The molecule has 0 radical (unpaired) electrons. The average Bonchev–Trinajstić information content (AvgIpc) is 3.02. The summed E-state index contributed by atoms with van der Waals surface area (Å²) in [7, 11) is 0. The van der Waals surface area contributed by atoms with E-state index in [1.807, 2.05) is 0 Å². The molecule has 0 saturated carbocycles. The molecule has 6 heterocycles. The number of fused-ring (bicyclic) bond motifs is 2. The molecule has 6 saturated heterocycles. The zero-order valence-corrected chi connectivity index (χ0v) is 24.8. The van der Waals surface area contributed by atoms with Gasteiger partial charge in [-0.2, -0.15) is 0 Å². The van der Waals surface area contributed by atoms with Crippen LogP contribution in [-0.4, -0.2) is 200 Å². The van der Waals surface area contributed by atoms with Crippen LogP contribution in [0.3, 0.4) is 0 Å². The molecule has 0 aromatic rings. The molecule has 6 fully saturated rings. The van der Waals surface area contributed by atoms with Gasteiger partial charge in [-0.3, -0.25) is 4.79 Å². The second-order valence-electron chi connectivity index (χ2n) is 11.9. The van der Waals surface area contributed by atoms with Gasteiger partial charge in [0.1, 0.15) is 91.5 Å². The van der Waals surface area contributed by atoms with Crippen LogP contribution < -0.4 is 5.32 Å². The molecule has 6 aliphatic rings. The van der Waals surface area contributed by atoms with Gasteiger partial charge in [0.15, 0.2) is 25.2 Å². The first-order valence-electron chi connectivity index (χ1n) is 14.9. The van der Waals surface area contributed by atoms with Crippen LogP contribution in [0.2, 0.25) is 0 Å². The molecule has 6 rings (SSSR count). The number of amides is 1. The van der Waals surface area contributed by atoms with Crippen molar-refractivity contribution in [3.8, 4) is 0 Å². The lowest BCUT2D eigenvalue weighted by atomic mass is 9.94. The maximum Gasteiger partial charge on any atom is 0.217 e. The molecule has 266 valence electrons. The third kappa shape index (κ3) is 6.79. The highest BCUT2D eigenvalue weighted by molar-refractivity contribution is 5.73. The normalized spacial score (nSPS) is 53.0. The van der Waals surface area contributed by atoms with Gasteiger partial charge >= 0.3 is 0 Å². The Morgan fingerprint density at radius 1 is 0.587 bits per heavy atom. The van der Waals surface area contributed by atoms with Crippen LogP contribution >= 0.6 is 0 Å². The molecule has 6 bridgehead atoms. The highest BCUT2D eigenvalue weighted by Gasteiger charge is 2.58. The lowest BCUT2D eigenvalue weighted by Gasteiger charge is -2.49. The van der Waals surface area contributed by atoms with E-state index in [1.165, 1.54) is 6.92 Å². The van der Waals surface area contributed by atoms with Crippen molar-refractivity contribution in [2.75, 3.05) is 19.8 Å². The van der Waals surface area contributed by atoms with Gasteiger partial charge in [0.25, 0.3) is 0 Å². The molecule has 0 spiro atoms. The summed E-state index contributed by atoms with van der Waals surface area (Å²) in [6, 6.07) is -1.45. The Labute approximate surface area is 261 Å². The molecular formula is C26H43NO19. The van der Waals surface area contributed by atoms with E-state index in [1.54, 1.807) is 0 Å². The van der Waals surface area contributed by atoms with Crippen molar-refractivity contribution in [3.63, 3.8) is 0 Å². The highest BCUT2D eigenvalue weighted by atomic mass is 16.8. The lowest BCUT2D eigenvalue weighted by Crippen LogP contribution is -2.69. The minimum atomic E-state index is -1.93. The number of nitrogens with one attached hydrogen (secondary N) is 1. The number of carbonyl (C=O) groups excluding carboxylic acids is 1. The molecule has 20 heteroatoms. The predicted molar refractivity (Wildman–Crippen MR) is 141 cm³/mol. The molecule has 0 unspecified atom stereocenters. The summed E-state index contributed by atoms with van der Waals surface area (Å²) >= 11 is 0. The Morgan fingerprint density at radius 3 is 1.72 bits per heavy atom. The first-order chi connectivity index (χ1) is 21.8. The Bertz CT molecular complexity index is 1030. The summed E-state index contributed by atoms with van der Waals surface area (Å²) in [5.74, 6) is -0.670. The number of carbonyl (C=O) groups is 1.